The molecule has 1 atom stereocenters. The van der Waals surface area contributed by atoms with Gasteiger partial charge in [0.25, 0.3) is 5.91 Å². The van der Waals surface area contributed by atoms with Gasteiger partial charge in [-0.1, -0.05) is 53.5 Å². The molecule has 1 fully saturated rings. The predicted molar refractivity (Wildman–Crippen MR) is 110 cm³/mol. The summed E-state index contributed by atoms with van der Waals surface area (Å²) in [4.78, 5) is 29.0. The number of carbonyl (C=O) groups is 2. The van der Waals surface area contributed by atoms with Gasteiger partial charge in [0.15, 0.2) is 6.10 Å². The third-order valence-electron chi connectivity index (χ3n) is 4.71. The van der Waals surface area contributed by atoms with Crippen LogP contribution in [0.4, 0.5) is 0 Å². The number of amides is 1. The van der Waals surface area contributed by atoms with E-state index in [1.54, 1.807) is 17.9 Å². The predicted octanol–water partition coefficient (Wildman–Crippen LogP) is 3.88. The SMILES string of the molecule is CC(OC(=O)c1cc(Cl)ccc1Cl)C(=O)N1CCN(Cc2ccccc2)CC1. The summed E-state index contributed by atoms with van der Waals surface area (Å²) in [6, 6.07) is 14.8. The molecule has 7 heteroatoms. The number of ether oxygens (including phenoxy) is 1. The van der Waals surface area contributed by atoms with E-state index in [1.165, 1.54) is 17.7 Å². The minimum atomic E-state index is -0.886. The highest BCUT2D eigenvalue weighted by Gasteiger charge is 2.28. The molecule has 1 aliphatic heterocycles. The molecule has 0 aliphatic carbocycles. The van der Waals surface area contributed by atoms with E-state index in [0.717, 1.165) is 19.6 Å². The second-order valence-electron chi connectivity index (χ2n) is 6.76. The van der Waals surface area contributed by atoms with Crippen LogP contribution in [0.1, 0.15) is 22.8 Å². The fourth-order valence-corrected chi connectivity index (χ4v) is 3.52. The summed E-state index contributed by atoms with van der Waals surface area (Å²) < 4.78 is 5.32. The number of rotatable bonds is 5. The third kappa shape index (κ3) is 5.25. The van der Waals surface area contributed by atoms with Crippen molar-refractivity contribution in [1.82, 2.24) is 9.80 Å². The van der Waals surface area contributed by atoms with Crippen molar-refractivity contribution in [1.29, 1.82) is 0 Å². The van der Waals surface area contributed by atoms with Crippen LogP contribution >= 0.6 is 23.2 Å². The first-order valence-corrected chi connectivity index (χ1v) is 9.91. The third-order valence-corrected chi connectivity index (χ3v) is 5.28. The van der Waals surface area contributed by atoms with Crippen LogP contribution in [0.3, 0.4) is 0 Å². The summed E-state index contributed by atoms with van der Waals surface area (Å²) in [5, 5.41) is 0.619. The normalized spacial score (nSPS) is 15.9. The molecule has 1 unspecified atom stereocenters. The van der Waals surface area contributed by atoms with Gasteiger partial charge in [-0.05, 0) is 30.7 Å². The standard InChI is InChI=1S/C21H22Cl2N2O3/c1-15(28-21(27)18-13-17(22)7-8-19(18)23)20(26)25-11-9-24(10-12-25)14-16-5-3-2-4-6-16/h2-8,13,15H,9-12,14H2,1H3. The molecule has 1 aliphatic rings. The smallest absolute Gasteiger partial charge is 0.340 e. The van der Waals surface area contributed by atoms with Gasteiger partial charge in [-0.15, -0.1) is 0 Å². The second-order valence-corrected chi connectivity index (χ2v) is 7.60. The number of hydrogen-bond donors (Lipinski definition) is 0. The number of halogens is 2. The Labute approximate surface area is 174 Å². The van der Waals surface area contributed by atoms with Crippen molar-refractivity contribution < 1.29 is 14.3 Å². The maximum atomic E-state index is 12.7. The first-order valence-electron chi connectivity index (χ1n) is 9.15. The molecule has 0 bridgehead atoms. The first-order chi connectivity index (χ1) is 13.4. The molecule has 1 saturated heterocycles. The zero-order chi connectivity index (χ0) is 20.1. The monoisotopic (exact) mass is 420 g/mol. The Morgan fingerprint density at radius 2 is 1.71 bits per heavy atom. The summed E-state index contributed by atoms with van der Waals surface area (Å²) in [7, 11) is 0. The van der Waals surface area contributed by atoms with E-state index in [9.17, 15) is 9.59 Å². The molecule has 1 amide bonds. The van der Waals surface area contributed by atoms with Gasteiger partial charge in [0.2, 0.25) is 0 Å². The lowest BCUT2D eigenvalue weighted by Crippen LogP contribution is -2.51. The van der Waals surface area contributed by atoms with E-state index in [2.05, 4.69) is 17.0 Å². The van der Waals surface area contributed by atoms with Crippen LogP contribution in [0.25, 0.3) is 0 Å². The Balaban J connectivity index is 1.51. The van der Waals surface area contributed by atoms with Gasteiger partial charge in [-0.25, -0.2) is 4.79 Å². The molecular weight excluding hydrogens is 399 g/mol. The molecule has 0 spiro atoms. The molecule has 2 aromatic carbocycles. The van der Waals surface area contributed by atoms with Crippen LogP contribution < -0.4 is 0 Å². The lowest BCUT2D eigenvalue weighted by atomic mass is 10.2. The largest absolute Gasteiger partial charge is 0.449 e. The Bertz CT molecular complexity index is 837. The second kappa shape index (κ2) is 9.41. The van der Waals surface area contributed by atoms with Gasteiger partial charge in [-0.3, -0.25) is 9.69 Å². The lowest BCUT2D eigenvalue weighted by Gasteiger charge is -2.35. The highest BCUT2D eigenvalue weighted by Crippen LogP contribution is 2.22. The van der Waals surface area contributed by atoms with E-state index < -0.39 is 12.1 Å². The Kier molecular flexibility index (Phi) is 6.94. The molecule has 5 nitrogen and oxygen atoms in total. The number of nitrogens with zero attached hydrogens (tertiary/aromatic N) is 2. The summed E-state index contributed by atoms with van der Waals surface area (Å²) in [5.41, 5.74) is 1.41. The molecule has 28 heavy (non-hydrogen) atoms. The van der Waals surface area contributed by atoms with Gasteiger partial charge in [-0.2, -0.15) is 0 Å². The summed E-state index contributed by atoms with van der Waals surface area (Å²) in [5.74, 6) is -0.859. The molecular formula is C21H22Cl2N2O3. The van der Waals surface area contributed by atoms with Crippen LogP contribution in [-0.2, 0) is 16.1 Å². The van der Waals surface area contributed by atoms with Gasteiger partial charge < -0.3 is 9.64 Å². The van der Waals surface area contributed by atoms with Crippen LogP contribution in [0, 0.1) is 0 Å². The van der Waals surface area contributed by atoms with E-state index in [1.807, 2.05) is 18.2 Å². The maximum absolute atomic E-state index is 12.7. The molecule has 3 rings (SSSR count). The number of hydrogen-bond acceptors (Lipinski definition) is 4. The molecule has 0 radical (unpaired) electrons. The molecule has 0 N–H and O–H groups in total. The van der Waals surface area contributed by atoms with E-state index in [-0.39, 0.29) is 16.5 Å². The Morgan fingerprint density at radius 1 is 1.04 bits per heavy atom. The average molecular weight is 421 g/mol. The minimum Gasteiger partial charge on any atom is -0.449 e. The molecule has 2 aromatic rings. The maximum Gasteiger partial charge on any atom is 0.340 e. The number of esters is 1. The molecule has 0 aromatic heterocycles. The van der Waals surface area contributed by atoms with Crippen molar-refractivity contribution in [2.24, 2.45) is 0 Å². The lowest BCUT2D eigenvalue weighted by molar-refractivity contribution is -0.141. The van der Waals surface area contributed by atoms with Crippen molar-refractivity contribution in [2.45, 2.75) is 19.6 Å². The fraction of sp³-hybridized carbons (Fsp3) is 0.333. The summed E-state index contributed by atoms with van der Waals surface area (Å²) >= 11 is 11.9. The summed E-state index contributed by atoms with van der Waals surface area (Å²) in [6.07, 6.45) is -0.886. The highest BCUT2D eigenvalue weighted by atomic mass is 35.5. The van der Waals surface area contributed by atoms with Gasteiger partial charge >= 0.3 is 5.97 Å². The van der Waals surface area contributed by atoms with Crippen molar-refractivity contribution >= 4 is 35.1 Å². The average Bonchev–Trinajstić information content (AvgIpc) is 2.70. The van der Waals surface area contributed by atoms with Gasteiger partial charge in [0.05, 0.1) is 10.6 Å². The van der Waals surface area contributed by atoms with Crippen molar-refractivity contribution in [3.05, 3.63) is 69.7 Å². The zero-order valence-corrected chi connectivity index (χ0v) is 17.1. The number of benzene rings is 2. The highest BCUT2D eigenvalue weighted by molar-refractivity contribution is 6.35. The fourth-order valence-electron chi connectivity index (χ4n) is 3.15. The Morgan fingerprint density at radius 3 is 2.39 bits per heavy atom. The van der Waals surface area contributed by atoms with Gasteiger partial charge in [0.1, 0.15) is 0 Å². The van der Waals surface area contributed by atoms with E-state index in [4.69, 9.17) is 27.9 Å². The van der Waals surface area contributed by atoms with Crippen molar-refractivity contribution in [2.75, 3.05) is 26.2 Å². The van der Waals surface area contributed by atoms with E-state index >= 15 is 0 Å². The number of carbonyl (C=O) groups excluding carboxylic acids is 2. The van der Waals surface area contributed by atoms with Gasteiger partial charge in [0, 0.05) is 37.7 Å². The summed E-state index contributed by atoms with van der Waals surface area (Å²) in [6.45, 7) is 5.20. The number of piperazine rings is 1. The Hall–Kier alpha value is -2.08. The quantitative estimate of drug-likeness (QED) is 0.688. The van der Waals surface area contributed by atoms with E-state index in [0.29, 0.717) is 18.1 Å². The minimum absolute atomic E-state index is 0.154. The molecule has 1 heterocycles. The van der Waals surface area contributed by atoms with Crippen LogP contribution in [0.2, 0.25) is 10.0 Å². The van der Waals surface area contributed by atoms with Crippen LogP contribution in [-0.4, -0.2) is 54.0 Å². The van der Waals surface area contributed by atoms with Crippen molar-refractivity contribution in [3.8, 4) is 0 Å². The van der Waals surface area contributed by atoms with Crippen LogP contribution in [0.15, 0.2) is 48.5 Å². The van der Waals surface area contributed by atoms with Crippen LogP contribution in [0.5, 0.6) is 0 Å². The first kappa shape index (κ1) is 20.6. The molecule has 0 saturated carbocycles. The molecule has 148 valence electrons. The topological polar surface area (TPSA) is 49.9 Å². The van der Waals surface area contributed by atoms with Crippen molar-refractivity contribution in [3.63, 3.8) is 0 Å². The zero-order valence-electron chi connectivity index (χ0n) is 15.6.